The smallest absolute Gasteiger partial charge is 0.258 e. The molecule has 0 radical (unpaired) electrons. The Morgan fingerprint density at radius 2 is 1.76 bits per heavy atom. The molecule has 0 saturated carbocycles. The van der Waals surface area contributed by atoms with Crippen LogP contribution in [0.4, 0.5) is 5.95 Å². The van der Waals surface area contributed by atoms with E-state index >= 15 is 0 Å². The first-order valence-electron chi connectivity index (χ1n) is 6.52. The second-order valence-corrected chi connectivity index (χ2v) is 4.72. The predicted octanol–water partition coefficient (Wildman–Crippen LogP) is 2.07. The van der Waals surface area contributed by atoms with E-state index in [1.165, 1.54) is 0 Å². The van der Waals surface area contributed by atoms with Crippen LogP contribution < -0.4 is 5.32 Å². The van der Waals surface area contributed by atoms with Gasteiger partial charge >= 0.3 is 0 Å². The summed E-state index contributed by atoms with van der Waals surface area (Å²) in [7, 11) is 3.73. The number of imidazole rings is 2. The number of benzene rings is 1. The molecule has 106 valence electrons. The van der Waals surface area contributed by atoms with E-state index in [9.17, 15) is 4.79 Å². The average Bonchev–Trinajstić information content (AvgIpc) is 3.08. The number of aromatic nitrogens is 4. The Morgan fingerprint density at radius 3 is 2.43 bits per heavy atom. The highest BCUT2D eigenvalue weighted by Gasteiger charge is 2.16. The number of hydrogen-bond acceptors (Lipinski definition) is 3. The lowest BCUT2D eigenvalue weighted by atomic mass is 10.1. The fourth-order valence-electron chi connectivity index (χ4n) is 2.16. The largest absolute Gasteiger partial charge is 0.334 e. The molecule has 0 aliphatic carbocycles. The summed E-state index contributed by atoms with van der Waals surface area (Å²) >= 11 is 0. The highest BCUT2D eigenvalue weighted by Crippen LogP contribution is 2.22. The summed E-state index contributed by atoms with van der Waals surface area (Å²) in [5.74, 6) is 1.05. The Kier molecular flexibility index (Phi) is 3.27. The van der Waals surface area contributed by atoms with Gasteiger partial charge in [-0.2, -0.15) is 0 Å². The fraction of sp³-hybridized carbons (Fsp3) is 0.133. The van der Waals surface area contributed by atoms with Gasteiger partial charge in [0.2, 0.25) is 5.95 Å². The zero-order chi connectivity index (χ0) is 14.8. The minimum atomic E-state index is -0.206. The van der Waals surface area contributed by atoms with Gasteiger partial charge in [-0.15, -0.1) is 0 Å². The molecule has 21 heavy (non-hydrogen) atoms. The molecule has 2 heterocycles. The van der Waals surface area contributed by atoms with Crippen LogP contribution in [0.25, 0.3) is 11.4 Å². The highest BCUT2D eigenvalue weighted by molar-refractivity contribution is 6.07. The molecule has 1 aromatic carbocycles. The number of hydrogen-bond donors (Lipinski definition) is 1. The van der Waals surface area contributed by atoms with Crippen LogP contribution in [0.2, 0.25) is 0 Å². The first-order chi connectivity index (χ1) is 10.2. The van der Waals surface area contributed by atoms with Gasteiger partial charge in [0.25, 0.3) is 5.91 Å². The Bertz CT molecular complexity index is 787. The molecule has 1 N–H and O–H groups in total. The van der Waals surface area contributed by atoms with Crippen molar-refractivity contribution in [3.8, 4) is 11.4 Å². The summed E-state index contributed by atoms with van der Waals surface area (Å²) in [4.78, 5) is 20.9. The molecule has 0 spiro atoms. The van der Waals surface area contributed by atoms with Gasteiger partial charge in [-0.1, -0.05) is 18.2 Å². The van der Waals surface area contributed by atoms with E-state index in [4.69, 9.17) is 0 Å². The van der Waals surface area contributed by atoms with Crippen LogP contribution in [0, 0.1) is 0 Å². The molecular weight excluding hydrogens is 266 g/mol. The number of nitrogens with one attached hydrogen (secondary N) is 1. The van der Waals surface area contributed by atoms with Gasteiger partial charge in [-0.25, -0.2) is 9.97 Å². The lowest BCUT2D eigenvalue weighted by Crippen LogP contribution is -2.16. The summed E-state index contributed by atoms with van der Waals surface area (Å²) in [5, 5.41) is 2.80. The van der Waals surface area contributed by atoms with Gasteiger partial charge in [0, 0.05) is 44.4 Å². The summed E-state index contributed by atoms with van der Waals surface area (Å²) in [6.07, 6.45) is 6.98. The number of aryl methyl sites for hydroxylation is 2. The Morgan fingerprint density at radius 1 is 1.05 bits per heavy atom. The third-order valence-corrected chi connectivity index (χ3v) is 3.28. The maximum absolute atomic E-state index is 12.5. The summed E-state index contributed by atoms with van der Waals surface area (Å²) < 4.78 is 3.63. The Hall–Kier alpha value is -2.89. The Labute approximate surface area is 122 Å². The minimum Gasteiger partial charge on any atom is -0.334 e. The van der Waals surface area contributed by atoms with E-state index in [1.54, 1.807) is 29.2 Å². The summed E-state index contributed by atoms with van der Waals surface area (Å²) in [5.41, 5.74) is 1.35. The maximum Gasteiger partial charge on any atom is 0.258 e. The number of anilines is 1. The number of nitrogens with zero attached hydrogens (tertiary/aromatic N) is 4. The van der Waals surface area contributed by atoms with E-state index in [2.05, 4.69) is 15.3 Å². The molecule has 0 saturated heterocycles. The zero-order valence-corrected chi connectivity index (χ0v) is 11.8. The minimum absolute atomic E-state index is 0.206. The lowest BCUT2D eigenvalue weighted by molar-refractivity contribution is 0.102. The fourth-order valence-corrected chi connectivity index (χ4v) is 2.16. The number of carbonyl (C=O) groups is 1. The molecule has 3 rings (SSSR count). The maximum atomic E-state index is 12.5. The standard InChI is InChI=1S/C15H15N5O/c1-19-9-7-16-13(19)11-5-3-4-6-12(11)14(21)18-15-17-8-10-20(15)2/h3-10H,1-2H3,(H,17,18,21). The lowest BCUT2D eigenvalue weighted by Gasteiger charge is -2.10. The van der Waals surface area contributed by atoms with Crippen molar-refractivity contribution in [3.63, 3.8) is 0 Å². The SMILES string of the molecule is Cn1ccnc1NC(=O)c1ccccc1-c1nccn1C. The summed E-state index contributed by atoms with van der Waals surface area (Å²) in [6, 6.07) is 7.39. The molecule has 0 fully saturated rings. The topological polar surface area (TPSA) is 64.7 Å². The second-order valence-electron chi connectivity index (χ2n) is 4.72. The molecule has 0 bridgehead atoms. The van der Waals surface area contributed by atoms with Crippen molar-refractivity contribution in [2.45, 2.75) is 0 Å². The van der Waals surface area contributed by atoms with Crippen LogP contribution in [0.5, 0.6) is 0 Å². The van der Waals surface area contributed by atoms with Gasteiger partial charge in [0.05, 0.1) is 5.56 Å². The number of carbonyl (C=O) groups excluding carboxylic acids is 1. The monoisotopic (exact) mass is 281 g/mol. The van der Waals surface area contributed by atoms with Gasteiger partial charge in [0.15, 0.2) is 0 Å². The molecule has 0 atom stereocenters. The molecule has 1 amide bonds. The Balaban J connectivity index is 1.98. The van der Waals surface area contributed by atoms with E-state index in [0.717, 1.165) is 11.4 Å². The van der Waals surface area contributed by atoms with Crippen molar-refractivity contribution in [3.05, 3.63) is 54.6 Å². The quantitative estimate of drug-likeness (QED) is 0.799. The third-order valence-electron chi connectivity index (χ3n) is 3.28. The zero-order valence-electron chi connectivity index (χ0n) is 11.8. The second kappa shape index (κ2) is 5.24. The van der Waals surface area contributed by atoms with Crippen molar-refractivity contribution < 1.29 is 4.79 Å². The van der Waals surface area contributed by atoms with Crippen LogP contribution in [-0.4, -0.2) is 25.0 Å². The van der Waals surface area contributed by atoms with E-state index in [0.29, 0.717) is 11.5 Å². The third kappa shape index (κ3) is 2.43. The van der Waals surface area contributed by atoms with E-state index < -0.39 is 0 Å². The normalized spacial score (nSPS) is 10.6. The molecular formula is C15H15N5O. The number of amides is 1. The van der Waals surface area contributed by atoms with E-state index in [-0.39, 0.29) is 5.91 Å². The van der Waals surface area contributed by atoms with Crippen molar-refractivity contribution in [1.29, 1.82) is 0 Å². The van der Waals surface area contributed by atoms with Crippen LogP contribution in [-0.2, 0) is 14.1 Å². The van der Waals surface area contributed by atoms with E-state index in [1.807, 2.05) is 43.1 Å². The van der Waals surface area contributed by atoms with Crippen molar-refractivity contribution in [2.75, 3.05) is 5.32 Å². The highest BCUT2D eigenvalue weighted by atomic mass is 16.1. The van der Waals surface area contributed by atoms with Gasteiger partial charge in [-0.3, -0.25) is 10.1 Å². The molecule has 6 nitrogen and oxygen atoms in total. The van der Waals surface area contributed by atoms with Crippen molar-refractivity contribution >= 4 is 11.9 Å². The molecule has 0 aliphatic rings. The molecule has 3 aromatic rings. The predicted molar refractivity (Wildman–Crippen MR) is 79.8 cm³/mol. The first-order valence-corrected chi connectivity index (χ1v) is 6.52. The van der Waals surface area contributed by atoms with Gasteiger partial charge in [-0.05, 0) is 6.07 Å². The number of rotatable bonds is 3. The van der Waals surface area contributed by atoms with Crippen LogP contribution in [0.1, 0.15) is 10.4 Å². The van der Waals surface area contributed by atoms with Crippen molar-refractivity contribution in [1.82, 2.24) is 19.1 Å². The summed E-state index contributed by atoms with van der Waals surface area (Å²) in [6.45, 7) is 0. The van der Waals surface area contributed by atoms with Crippen LogP contribution >= 0.6 is 0 Å². The van der Waals surface area contributed by atoms with Crippen molar-refractivity contribution in [2.24, 2.45) is 14.1 Å². The first kappa shape index (κ1) is 13.1. The van der Waals surface area contributed by atoms with Gasteiger partial charge < -0.3 is 9.13 Å². The van der Waals surface area contributed by atoms with Crippen LogP contribution in [0.15, 0.2) is 49.1 Å². The average molecular weight is 281 g/mol. The molecule has 0 unspecified atom stereocenters. The van der Waals surface area contributed by atoms with Gasteiger partial charge in [0.1, 0.15) is 5.82 Å². The molecule has 2 aromatic heterocycles. The van der Waals surface area contributed by atoms with Crippen LogP contribution in [0.3, 0.4) is 0 Å². The molecule has 6 heteroatoms. The molecule has 0 aliphatic heterocycles.